The molecule has 1 aromatic rings. The van der Waals surface area contributed by atoms with E-state index in [2.05, 4.69) is 6.58 Å². The molecule has 0 fully saturated rings. The van der Waals surface area contributed by atoms with Crippen LogP contribution in [0.1, 0.15) is 10.4 Å². The van der Waals surface area contributed by atoms with Gasteiger partial charge in [0.05, 0.1) is 5.75 Å². The first-order chi connectivity index (χ1) is 7.15. The molecule has 0 amide bonds. The first kappa shape index (κ1) is 11.9. The van der Waals surface area contributed by atoms with E-state index in [1.807, 2.05) is 0 Å². The van der Waals surface area contributed by atoms with Crippen LogP contribution in [0.2, 0.25) is 0 Å². The van der Waals surface area contributed by atoms with E-state index in [-0.39, 0.29) is 17.1 Å². The molecule has 0 N–H and O–H groups in total. The molecule has 0 bridgehead atoms. The van der Waals surface area contributed by atoms with Gasteiger partial charge in [0.2, 0.25) is 0 Å². The van der Waals surface area contributed by atoms with Crippen LogP contribution in [-0.2, 0) is 0 Å². The molecule has 4 heteroatoms. The molecule has 80 valence electrons. The largest absolute Gasteiger partial charge is 0.293 e. The first-order valence-electron chi connectivity index (χ1n) is 4.32. The zero-order valence-corrected chi connectivity index (χ0v) is 8.82. The van der Waals surface area contributed by atoms with Gasteiger partial charge >= 0.3 is 0 Å². The summed E-state index contributed by atoms with van der Waals surface area (Å²) in [6, 6.07) is 3.17. The average molecular weight is 228 g/mol. The van der Waals surface area contributed by atoms with Crippen molar-refractivity contribution in [3.8, 4) is 0 Å². The van der Waals surface area contributed by atoms with Gasteiger partial charge < -0.3 is 0 Å². The summed E-state index contributed by atoms with van der Waals surface area (Å²) in [5, 5.41) is 0. The van der Waals surface area contributed by atoms with Crippen LogP contribution in [0, 0.1) is 11.6 Å². The van der Waals surface area contributed by atoms with E-state index < -0.39 is 11.6 Å². The third-order valence-corrected chi connectivity index (χ3v) is 2.65. The van der Waals surface area contributed by atoms with Crippen LogP contribution in [0.25, 0.3) is 0 Å². The van der Waals surface area contributed by atoms with Gasteiger partial charge in [-0.05, 0) is 18.2 Å². The highest BCUT2D eigenvalue weighted by Crippen LogP contribution is 2.11. The van der Waals surface area contributed by atoms with E-state index in [0.29, 0.717) is 5.75 Å². The van der Waals surface area contributed by atoms with Crippen molar-refractivity contribution in [3.05, 3.63) is 48.1 Å². The molecule has 0 atom stereocenters. The second kappa shape index (κ2) is 5.66. The van der Waals surface area contributed by atoms with Gasteiger partial charge in [-0.2, -0.15) is 0 Å². The van der Waals surface area contributed by atoms with Gasteiger partial charge in [0.15, 0.2) is 17.4 Å². The molecule has 0 saturated carbocycles. The monoisotopic (exact) mass is 228 g/mol. The number of hydrogen-bond acceptors (Lipinski definition) is 2. The molecule has 0 aromatic heterocycles. The van der Waals surface area contributed by atoms with Gasteiger partial charge in [-0.25, -0.2) is 8.78 Å². The van der Waals surface area contributed by atoms with E-state index in [1.54, 1.807) is 6.08 Å². The zero-order chi connectivity index (χ0) is 11.3. The number of halogens is 2. The van der Waals surface area contributed by atoms with Crippen LogP contribution in [0.15, 0.2) is 30.9 Å². The molecule has 1 rings (SSSR count). The predicted octanol–water partition coefficient (Wildman–Crippen LogP) is 3.07. The molecule has 1 aromatic carbocycles. The van der Waals surface area contributed by atoms with Crippen molar-refractivity contribution < 1.29 is 13.6 Å². The minimum Gasteiger partial charge on any atom is -0.293 e. The SMILES string of the molecule is C=CCSCC(=O)c1ccc(F)c(F)c1. The summed E-state index contributed by atoms with van der Waals surface area (Å²) in [7, 11) is 0. The Morgan fingerprint density at radius 1 is 1.40 bits per heavy atom. The van der Waals surface area contributed by atoms with Crippen molar-refractivity contribution in [2.75, 3.05) is 11.5 Å². The van der Waals surface area contributed by atoms with Crippen molar-refractivity contribution in [1.82, 2.24) is 0 Å². The second-order valence-corrected chi connectivity index (χ2v) is 3.89. The Bertz CT molecular complexity index is 377. The third kappa shape index (κ3) is 3.47. The maximum absolute atomic E-state index is 12.8. The minimum absolute atomic E-state index is 0.200. The predicted molar refractivity (Wildman–Crippen MR) is 58.2 cm³/mol. The molecule has 0 heterocycles. The lowest BCUT2D eigenvalue weighted by atomic mass is 10.1. The van der Waals surface area contributed by atoms with E-state index in [0.717, 1.165) is 12.1 Å². The summed E-state index contributed by atoms with van der Waals surface area (Å²) >= 11 is 1.38. The lowest BCUT2D eigenvalue weighted by Crippen LogP contribution is -2.03. The number of benzene rings is 1. The van der Waals surface area contributed by atoms with Crippen molar-refractivity contribution in [2.45, 2.75) is 0 Å². The zero-order valence-electron chi connectivity index (χ0n) is 8.00. The maximum Gasteiger partial charge on any atom is 0.172 e. The van der Waals surface area contributed by atoms with Gasteiger partial charge in [-0.15, -0.1) is 18.3 Å². The minimum atomic E-state index is -0.991. The highest BCUT2D eigenvalue weighted by molar-refractivity contribution is 8.00. The maximum atomic E-state index is 12.8. The Hall–Kier alpha value is -1.16. The van der Waals surface area contributed by atoms with E-state index in [9.17, 15) is 13.6 Å². The Kier molecular flexibility index (Phi) is 4.49. The van der Waals surface area contributed by atoms with Crippen LogP contribution >= 0.6 is 11.8 Å². The lowest BCUT2D eigenvalue weighted by Gasteiger charge is -2.00. The molecule has 0 unspecified atom stereocenters. The molecular formula is C11H10F2OS. The van der Waals surface area contributed by atoms with Crippen molar-refractivity contribution >= 4 is 17.5 Å². The highest BCUT2D eigenvalue weighted by atomic mass is 32.2. The van der Waals surface area contributed by atoms with Gasteiger partial charge in [-0.3, -0.25) is 4.79 Å². The fourth-order valence-corrected chi connectivity index (χ4v) is 1.62. The Morgan fingerprint density at radius 2 is 2.13 bits per heavy atom. The second-order valence-electron chi connectivity index (χ2n) is 2.86. The van der Waals surface area contributed by atoms with Gasteiger partial charge in [-0.1, -0.05) is 6.08 Å². The van der Waals surface area contributed by atoms with E-state index >= 15 is 0 Å². The van der Waals surface area contributed by atoms with E-state index in [1.165, 1.54) is 17.8 Å². The fourth-order valence-electron chi connectivity index (χ4n) is 0.988. The molecule has 0 radical (unpaired) electrons. The summed E-state index contributed by atoms with van der Waals surface area (Å²) < 4.78 is 25.3. The van der Waals surface area contributed by atoms with Gasteiger partial charge in [0, 0.05) is 11.3 Å². The molecule has 0 aliphatic rings. The summed E-state index contributed by atoms with van der Waals surface area (Å²) in [5.74, 6) is -1.23. The number of carbonyl (C=O) groups is 1. The summed E-state index contributed by atoms with van der Waals surface area (Å²) in [5.41, 5.74) is 0.200. The molecule has 0 saturated heterocycles. The molecule has 0 spiro atoms. The van der Waals surface area contributed by atoms with Crippen molar-refractivity contribution in [2.24, 2.45) is 0 Å². The number of Topliss-reactive ketones (excluding diaryl/α,β-unsaturated/α-hetero) is 1. The van der Waals surface area contributed by atoms with Crippen molar-refractivity contribution in [1.29, 1.82) is 0 Å². The summed E-state index contributed by atoms with van der Waals surface area (Å²) in [6.45, 7) is 3.51. The standard InChI is InChI=1S/C11H10F2OS/c1-2-5-15-7-11(14)8-3-4-9(12)10(13)6-8/h2-4,6H,1,5,7H2. The molecule has 0 aliphatic heterocycles. The first-order valence-corrected chi connectivity index (χ1v) is 5.47. The normalized spacial score (nSPS) is 10.0. The van der Waals surface area contributed by atoms with Crippen LogP contribution in [0.4, 0.5) is 8.78 Å². The van der Waals surface area contributed by atoms with Gasteiger partial charge in [0.1, 0.15) is 0 Å². The molecule has 15 heavy (non-hydrogen) atoms. The third-order valence-electron chi connectivity index (χ3n) is 1.71. The Balaban J connectivity index is 2.65. The quantitative estimate of drug-likeness (QED) is 0.437. The lowest BCUT2D eigenvalue weighted by molar-refractivity contribution is 0.102. The Labute approximate surface area is 91.2 Å². The number of ketones is 1. The van der Waals surface area contributed by atoms with Crippen LogP contribution in [0.5, 0.6) is 0 Å². The average Bonchev–Trinajstić information content (AvgIpc) is 2.22. The molecular weight excluding hydrogens is 218 g/mol. The smallest absolute Gasteiger partial charge is 0.172 e. The highest BCUT2D eigenvalue weighted by Gasteiger charge is 2.09. The van der Waals surface area contributed by atoms with Crippen LogP contribution < -0.4 is 0 Å². The summed E-state index contributed by atoms with van der Waals surface area (Å²) in [6.07, 6.45) is 1.68. The van der Waals surface area contributed by atoms with Crippen molar-refractivity contribution in [3.63, 3.8) is 0 Å². The number of carbonyl (C=O) groups excluding carboxylic acids is 1. The van der Waals surface area contributed by atoms with Crippen LogP contribution in [0.3, 0.4) is 0 Å². The molecule has 1 nitrogen and oxygen atoms in total. The van der Waals surface area contributed by atoms with E-state index in [4.69, 9.17) is 0 Å². The molecule has 0 aliphatic carbocycles. The number of rotatable bonds is 5. The topological polar surface area (TPSA) is 17.1 Å². The summed E-state index contributed by atoms with van der Waals surface area (Å²) in [4.78, 5) is 11.4. The number of hydrogen-bond donors (Lipinski definition) is 0. The van der Waals surface area contributed by atoms with Crippen LogP contribution in [-0.4, -0.2) is 17.3 Å². The van der Waals surface area contributed by atoms with Gasteiger partial charge in [0.25, 0.3) is 0 Å². The number of thioether (sulfide) groups is 1. The fraction of sp³-hybridized carbons (Fsp3) is 0.182. The Morgan fingerprint density at radius 3 is 2.73 bits per heavy atom.